The van der Waals surface area contributed by atoms with Crippen LogP contribution in [0.5, 0.6) is 5.75 Å². The maximum Gasteiger partial charge on any atom is 0.243 e. The molecule has 120 valence electrons. The van der Waals surface area contributed by atoms with Crippen LogP contribution in [-0.4, -0.2) is 57.1 Å². The van der Waals surface area contributed by atoms with Crippen molar-refractivity contribution in [2.24, 2.45) is 4.99 Å². The third-order valence-electron chi connectivity index (χ3n) is 2.69. The number of para-hydroxylation sites is 1. The molecule has 1 amide bonds. The van der Waals surface area contributed by atoms with E-state index in [1.165, 1.54) is 4.90 Å². The van der Waals surface area contributed by atoms with Crippen LogP contribution >= 0.6 is 0 Å². The summed E-state index contributed by atoms with van der Waals surface area (Å²) < 4.78 is 5.58. The Morgan fingerprint density at radius 3 is 2.68 bits per heavy atom. The largest absolute Gasteiger partial charge is 0.492 e. The number of hydrogen-bond donors (Lipinski definition) is 2. The lowest BCUT2D eigenvalue weighted by Crippen LogP contribution is -2.40. The highest BCUT2D eigenvalue weighted by Crippen LogP contribution is 2.07. The van der Waals surface area contributed by atoms with E-state index < -0.39 is 0 Å². The van der Waals surface area contributed by atoms with Crippen LogP contribution in [0.3, 0.4) is 0 Å². The lowest BCUT2D eigenvalue weighted by molar-refractivity contribution is -0.127. The van der Waals surface area contributed by atoms with Crippen molar-refractivity contribution in [2.45, 2.75) is 0 Å². The third-order valence-corrected chi connectivity index (χ3v) is 2.69. The second kappa shape index (κ2) is 10.3. The van der Waals surface area contributed by atoms with Gasteiger partial charge in [-0.2, -0.15) is 0 Å². The molecule has 0 unspecified atom stereocenters. The average molecular weight is 304 g/mol. The monoisotopic (exact) mass is 304 g/mol. The summed E-state index contributed by atoms with van der Waals surface area (Å²) >= 11 is 0. The van der Waals surface area contributed by atoms with Gasteiger partial charge in [0.1, 0.15) is 18.9 Å². The summed E-state index contributed by atoms with van der Waals surface area (Å²) in [5, 5.41) is 6.17. The van der Waals surface area contributed by atoms with E-state index in [1.54, 1.807) is 20.2 Å². The van der Waals surface area contributed by atoms with Crippen LogP contribution in [0.25, 0.3) is 0 Å². The fourth-order valence-corrected chi connectivity index (χ4v) is 1.49. The molecule has 0 saturated carbocycles. The Labute approximate surface area is 131 Å². The Balaban J connectivity index is 2.38. The van der Waals surface area contributed by atoms with Crippen LogP contribution in [-0.2, 0) is 4.79 Å². The summed E-state index contributed by atoms with van der Waals surface area (Å²) in [6.07, 6.45) is 1.73. The molecule has 0 saturated heterocycles. The Bertz CT molecular complexity index is 486. The molecule has 2 N–H and O–H groups in total. The van der Waals surface area contributed by atoms with E-state index in [2.05, 4.69) is 22.2 Å². The number of amides is 1. The quantitative estimate of drug-likeness (QED) is 0.324. The Kier molecular flexibility index (Phi) is 8.18. The molecule has 0 aliphatic heterocycles. The van der Waals surface area contributed by atoms with Crippen LogP contribution in [0, 0.1) is 0 Å². The van der Waals surface area contributed by atoms with Gasteiger partial charge in [0.25, 0.3) is 0 Å². The SMILES string of the molecule is C=CCNC(=NCC(=O)N(C)C)NCCOc1ccccc1. The Morgan fingerprint density at radius 1 is 1.32 bits per heavy atom. The van der Waals surface area contributed by atoms with Gasteiger partial charge in [-0.25, -0.2) is 4.99 Å². The number of carbonyl (C=O) groups is 1. The first kappa shape index (κ1) is 17.6. The highest BCUT2D eigenvalue weighted by molar-refractivity contribution is 5.84. The molecule has 0 aliphatic rings. The second-order valence-electron chi connectivity index (χ2n) is 4.71. The predicted molar refractivity (Wildman–Crippen MR) is 89.1 cm³/mol. The lowest BCUT2D eigenvalue weighted by atomic mass is 10.3. The summed E-state index contributed by atoms with van der Waals surface area (Å²) in [5.74, 6) is 1.33. The van der Waals surface area contributed by atoms with E-state index in [0.29, 0.717) is 25.7 Å². The molecule has 6 nitrogen and oxygen atoms in total. The fourth-order valence-electron chi connectivity index (χ4n) is 1.49. The van der Waals surface area contributed by atoms with E-state index in [9.17, 15) is 4.79 Å². The number of carbonyl (C=O) groups excluding carboxylic acids is 1. The van der Waals surface area contributed by atoms with E-state index in [0.717, 1.165) is 5.75 Å². The normalized spacial score (nSPS) is 10.7. The molecule has 0 atom stereocenters. The minimum Gasteiger partial charge on any atom is -0.492 e. The van der Waals surface area contributed by atoms with E-state index >= 15 is 0 Å². The van der Waals surface area contributed by atoms with E-state index in [4.69, 9.17) is 4.74 Å². The zero-order valence-corrected chi connectivity index (χ0v) is 13.2. The minimum atomic E-state index is -0.0553. The second-order valence-corrected chi connectivity index (χ2v) is 4.71. The number of rotatable bonds is 8. The fraction of sp³-hybridized carbons (Fsp3) is 0.375. The zero-order chi connectivity index (χ0) is 16.2. The minimum absolute atomic E-state index is 0.0553. The van der Waals surface area contributed by atoms with Crippen LogP contribution in [0.15, 0.2) is 48.0 Å². The van der Waals surface area contributed by atoms with Crippen molar-refractivity contribution in [3.63, 3.8) is 0 Å². The predicted octanol–water partition coefficient (Wildman–Crippen LogP) is 0.875. The van der Waals surface area contributed by atoms with Crippen LogP contribution in [0.2, 0.25) is 0 Å². The first-order valence-corrected chi connectivity index (χ1v) is 7.14. The summed E-state index contributed by atoms with van der Waals surface area (Å²) in [4.78, 5) is 17.3. The molecule has 6 heteroatoms. The van der Waals surface area contributed by atoms with Gasteiger partial charge >= 0.3 is 0 Å². The highest BCUT2D eigenvalue weighted by Gasteiger charge is 2.03. The molecule has 0 aliphatic carbocycles. The van der Waals surface area contributed by atoms with Gasteiger partial charge in [-0.3, -0.25) is 4.79 Å². The first-order valence-electron chi connectivity index (χ1n) is 7.14. The topological polar surface area (TPSA) is 66.0 Å². The highest BCUT2D eigenvalue weighted by atomic mass is 16.5. The molecule has 0 aromatic heterocycles. The maximum absolute atomic E-state index is 11.6. The molecule has 22 heavy (non-hydrogen) atoms. The Morgan fingerprint density at radius 2 is 2.05 bits per heavy atom. The summed E-state index contributed by atoms with van der Waals surface area (Å²) in [6.45, 7) is 5.39. The number of nitrogens with zero attached hydrogens (tertiary/aromatic N) is 2. The van der Waals surface area contributed by atoms with E-state index in [1.807, 2.05) is 30.3 Å². The van der Waals surface area contributed by atoms with Gasteiger partial charge in [0, 0.05) is 20.6 Å². The van der Waals surface area contributed by atoms with Crippen molar-refractivity contribution in [1.82, 2.24) is 15.5 Å². The van der Waals surface area contributed by atoms with Crippen LogP contribution in [0.1, 0.15) is 0 Å². The molecule has 1 aromatic carbocycles. The summed E-state index contributed by atoms with van der Waals surface area (Å²) in [6, 6.07) is 9.60. The number of nitrogens with one attached hydrogen (secondary N) is 2. The molecule has 0 fully saturated rings. The lowest BCUT2D eigenvalue weighted by Gasteiger charge is -2.13. The molecule has 1 rings (SSSR count). The number of ether oxygens (including phenoxy) is 1. The van der Waals surface area contributed by atoms with Crippen LogP contribution in [0.4, 0.5) is 0 Å². The molecular formula is C16H24N4O2. The average Bonchev–Trinajstić information content (AvgIpc) is 2.53. The third kappa shape index (κ3) is 7.33. The van der Waals surface area contributed by atoms with E-state index in [-0.39, 0.29) is 12.5 Å². The summed E-state index contributed by atoms with van der Waals surface area (Å²) in [7, 11) is 3.41. The zero-order valence-electron chi connectivity index (χ0n) is 13.2. The molecule has 0 radical (unpaired) electrons. The number of likely N-dealkylation sites (N-methyl/N-ethyl adjacent to an activating group) is 1. The van der Waals surface area contributed by atoms with Crippen molar-refractivity contribution in [1.29, 1.82) is 0 Å². The number of aliphatic imine (C=N–C) groups is 1. The van der Waals surface area contributed by atoms with Crippen LogP contribution < -0.4 is 15.4 Å². The molecule has 1 aromatic rings. The van der Waals surface area contributed by atoms with Crippen molar-refractivity contribution in [3.8, 4) is 5.75 Å². The smallest absolute Gasteiger partial charge is 0.243 e. The maximum atomic E-state index is 11.6. The Hall–Kier alpha value is -2.50. The first-order chi connectivity index (χ1) is 10.6. The standard InChI is InChI=1S/C16H24N4O2/c1-4-10-17-16(19-13-15(21)20(2)3)18-11-12-22-14-8-6-5-7-9-14/h4-9H,1,10-13H2,2-3H3,(H2,17,18,19). The van der Waals surface area contributed by atoms with Crippen molar-refractivity contribution in [3.05, 3.63) is 43.0 Å². The van der Waals surface area contributed by atoms with Gasteiger partial charge in [0.15, 0.2) is 5.96 Å². The number of hydrogen-bond acceptors (Lipinski definition) is 3. The van der Waals surface area contributed by atoms with Gasteiger partial charge in [0.05, 0.1) is 6.54 Å². The van der Waals surface area contributed by atoms with Gasteiger partial charge < -0.3 is 20.3 Å². The number of benzene rings is 1. The molecule has 0 spiro atoms. The number of guanidine groups is 1. The van der Waals surface area contributed by atoms with Crippen molar-refractivity contribution < 1.29 is 9.53 Å². The molecular weight excluding hydrogens is 280 g/mol. The van der Waals surface area contributed by atoms with Gasteiger partial charge in [-0.15, -0.1) is 6.58 Å². The summed E-state index contributed by atoms with van der Waals surface area (Å²) in [5.41, 5.74) is 0. The van der Waals surface area contributed by atoms with Gasteiger partial charge in [-0.1, -0.05) is 24.3 Å². The van der Waals surface area contributed by atoms with Crippen molar-refractivity contribution in [2.75, 3.05) is 40.3 Å². The van der Waals surface area contributed by atoms with Gasteiger partial charge in [-0.05, 0) is 12.1 Å². The molecule has 0 bridgehead atoms. The van der Waals surface area contributed by atoms with Gasteiger partial charge in [0.2, 0.25) is 5.91 Å². The van der Waals surface area contributed by atoms with Crippen molar-refractivity contribution >= 4 is 11.9 Å². The molecule has 0 heterocycles.